The standard InChI is InChI=1S/C23H22N2O3S/c1-17(29-19-12-6-3-7-13-19)23(27)25-24-22(26)16-28-21-15-9-8-14-20(21)18-10-4-2-5-11-18/h2-15,17H,16H2,1H3,(H,24,26)(H,25,27). The van der Waals surface area contributed by atoms with Crippen molar-refractivity contribution in [1.29, 1.82) is 0 Å². The van der Waals surface area contributed by atoms with Crippen LogP contribution in [0.3, 0.4) is 0 Å². The summed E-state index contributed by atoms with van der Waals surface area (Å²) in [7, 11) is 0. The lowest BCUT2D eigenvalue weighted by atomic mass is 10.1. The number of hydrazine groups is 1. The molecule has 3 aromatic carbocycles. The first-order valence-electron chi connectivity index (χ1n) is 9.21. The fourth-order valence-corrected chi connectivity index (χ4v) is 3.51. The smallest absolute Gasteiger partial charge is 0.276 e. The Hall–Kier alpha value is -3.25. The first-order valence-corrected chi connectivity index (χ1v) is 10.1. The van der Waals surface area contributed by atoms with Gasteiger partial charge in [0, 0.05) is 10.5 Å². The van der Waals surface area contributed by atoms with Crippen molar-refractivity contribution in [1.82, 2.24) is 10.9 Å². The molecule has 0 aromatic heterocycles. The van der Waals surface area contributed by atoms with Crippen LogP contribution in [0.1, 0.15) is 6.92 Å². The minimum absolute atomic E-state index is 0.204. The summed E-state index contributed by atoms with van der Waals surface area (Å²) in [4.78, 5) is 25.3. The molecule has 0 bridgehead atoms. The van der Waals surface area contributed by atoms with Crippen molar-refractivity contribution in [2.45, 2.75) is 17.1 Å². The number of ether oxygens (including phenoxy) is 1. The molecule has 0 radical (unpaired) electrons. The summed E-state index contributed by atoms with van der Waals surface area (Å²) in [5, 5.41) is -0.350. The molecule has 0 aliphatic carbocycles. The maximum atomic E-state index is 12.2. The van der Waals surface area contributed by atoms with Crippen LogP contribution >= 0.6 is 11.8 Å². The zero-order valence-electron chi connectivity index (χ0n) is 16.0. The van der Waals surface area contributed by atoms with Crippen LogP contribution in [0, 0.1) is 0 Å². The highest BCUT2D eigenvalue weighted by molar-refractivity contribution is 8.00. The molecule has 0 heterocycles. The topological polar surface area (TPSA) is 67.4 Å². The number of rotatable bonds is 7. The average Bonchev–Trinajstić information content (AvgIpc) is 2.77. The van der Waals surface area contributed by atoms with Crippen molar-refractivity contribution >= 4 is 23.6 Å². The van der Waals surface area contributed by atoms with E-state index in [1.165, 1.54) is 11.8 Å². The van der Waals surface area contributed by atoms with Gasteiger partial charge in [-0.1, -0.05) is 66.7 Å². The van der Waals surface area contributed by atoms with Crippen molar-refractivity contribution in [2.75, 3.05) is 6.61 Å². The maximum Gasteiger partial charge on any atom is 0.276 e. The zero-order chi connectivity index (χ0) is 20.5. The average molecular weight is 407 g/mol. The second kappa shape index (κ2) is 10.3. The van der Waals surface area contributed by atoms with Gasteiger partial charge in [0.25, 0.3) is 11.8 Å². The quantitative estimate of drug-likeness (QED) is 0.459. The molecular formula is C23H22N2O3S. The van der Waals surface area contributed by atoms with Crippen molar-refractivity contribution < 1.29 is 14.3 Å². The summed E-state index contributed by atoms with van der Waals surface area (Å²) in [6.07, 6.45) is 0. The SMILES string of the molecule is CC(Sc1ccccc1)C(=O)NNC(=O)COc1ccccc1-c1ccccc1. The van der Waals surface area contributed by atoms with E-state index >= 15 is 0 Å². The summed E-state index contributed by atoms with van der Waals surface area (Å²) in [5.74, 6) is -0.108. The van der Waals surface area contributed by atoms with Gasteiger partial charge in [0.1, 0.15) is 5.75 Å². The Morgan fingerprint density at radius 3 is 2.21 bits per heavy atom. The normalized spacial score (nSPS) is 11.3. The molecule has 2 N–H and O–H groups in total. The Balaban J connectivity index is 1.49. The number of thioether (sulfide) groups is 1. The molecule has 6 heteroatoms. The Labute approximate surface area is 174 Å². The maximum absolute atomic E-state index is 12.2. The predicted molar refractivity (Wildman–Crippen MR) is 115 cm³/mol. The number of carbonyl (C=O) groups is 2. The van der Waals surface area contributed by atoms with E-state index in [4.69, 9.17) is 4.74 Å². The van der Waals surface area contributed by atoms with Crippen LogP contribution in [0.2, 0.25) is 0 Å². The van der Waals surface area contributed by atoms with Gasteiger partial charge < -0.3 is 4.74 Å². The molecule has 0 spiro atoms. The first-order chi connectivity index (χ1) is 14.1. The third-order valence-corrected chi connectivity index (χ3v) is 5.19. The fraction of sp³-hybridized carbons (Fsp3) is 0.130. The molecule has 2 amide bonds. The van der Waals surface area contributed by atoms with Gasteiger partial charge in [-0.2, -0.15) is 0 Å². The molecule has 5 nitrogen and oxygen atoms in total. The molecule has 1 atom stereocenters. The van der Waals surface area contributed by atoms with Gasteiger partial charge in [-0.05, 0) is 30.7 Å². The monoisotopic (exact) mass is 406 g/mol. The largest absolute Gasteiger partial charge is 0.483 e. The lowest BCUT2D eigenvalue weighted by Gasteiger charge is -2.14. The second-order valence-electron chi connectivity index (χ2n) is 6.26. The molecule has 3 aromatic rings. The van der Waals surface area contributed by atoms with Crippen molar-refractivity contribution in [2.24, 2.45) is 0 Å². The van der Waals surface area contributed by atoms with Crippen LogP contribution in [-0.2, 0) is 9.59 Å². The van der Waals surface area contributed by atoms with Gasteiger partial charge in [-0.15, -0.1) is 11.8 Å². The fourth-order valence-electron chi connectivity index (χ4n) is 2.62. The second-order valence-corrected chi connectivity index (χ2v) is 7.68. The van der Waals surface area contributed by atoms with E-state index in [0.717, 1.165) is 16.0 Å². The Morgan fingerprint density at radius 1 is 0.862 bits per heavy atom. The molecule has 0 fully saturated rings. The predicted octanol–water partition coefficient (Wildman–Crippen LogP) is 4.06. The van der Waals surface area contributed by atoms with Crippen LogP contribution in [-0.4, -0.2) is 23.7 Å². The van der Waals surface area contributed by atoms with Crippen LogP contribution in [0.15, 0.2) is 89.8 Å². The highest BCUT2D eigenvalue weighted by atomic mass is 32.2. The van der Waals surface area contributed by atoms with Crippen molar-refractivity contribution in [3.05, 3.63) is 84.9 Å². The molecular weight excluding hydrogens is 384 g/mol. The lowest BCUT2D eigenvalue weighted by molar-refractivity contribution is -0.129. The number of hydrogen-bond donors (Lipinski definition) is 2. The summed E-state index contributed by atoms with van der Waals surface area (Å²) < 4.78 is 5.67. The van der Waals surface area contributed by atoms with Gasteiger partial charge in [0.2, 0.25) is 0 Å². The molecule has 1 unspecified atom stereocenters. The van der Waals surface area contributed by atoms with E-state index in [-0.39, 0.29) is 17.8 Å². The van der Waals surface area contributed by atoms with E-state index in [9.17, 15) is 9.59 Å². The van der Waals surface area contributed by atoms with E-state index < -0.39 is 5.91 Å². The molecule has 0 saturated carbocycles. The number of nitrogens with one attached hydrogen (secondary N) is 2. The first kappa shape index (κ1) is 20.5. The number of benzene rings is 3. The summed E-state index contributed by atoms with van der Waals surface area (Å²) in [6.45, 7) is 1.58. The van der Waals surface area contributed by atoms with Crippen LogP contribution in [0.5, 0.6) is 5.75 Å². The molecule has 29 heavy (non-hydrogen) atoms. The van der Waals surface area contributed by atoms with Crippen LogP contribution < -0.4 is 15.6 Å². The van der Waals surface area contributed by atoms with Crippen molar-refractivity contribution in [3.63, 3.8) is 0 Å². The van der Waals surface area contributed by atoms with E-state index in [0.29, 0.717) is 5.75 Å². The molecule has 0 aliphatic rings. The number of amides is 2. The minimum atomic E-state index is -0.432. The van der Waals surface area contributed by atoms with Crippen LogP contribution in [0.4, 0.5) is 0 Å². The molecule has 148 valence electrons. The molecule has 3 rings (SSSR count). The van der Waals surface area contributed by atoms with E-state index in [1.54, 1.807) is 6.92 Å². The van der Waals surface area contributed by atoms with Gasteiger partial charge in [0.05, 0.1) is 5.25 Å². The summed E-state index contributed by atoms with van der Waals surface area (Å²) in [6, 6.07) is 26.9. The number of para-hydroxylation sites is 1. The minimum Gasteiger partial charge on any atom is -0.483 e. The lowest BCUT2D eigenvalue weighted by Crippen LogP contribution is -2.46. The van der Waals surface area contributed by atoms with Gasteiger partial charge in [-0.3, -0.25) is 20.4 Å². The van der Waals surface area contributed by atoms with E-state index in [2.05, 4.69) is 10.9 Å². The Bertz CT molecular complexity index is 949. The number of hydrogen-bond acceptors (Lipinski definition) is 4. The molecule has 0 aliphatic heterocycles. The Morgan fingerprint density at radius 2 is 1.48 bits per heavy atom. The van der Waals surface area contributed by atoms with Gasteiger partial charge in [-0.25, -0.2) is 0 Å². The molecule has 0 saturated heterocycles. The summed E-state index contributed by atoms with van der Waals surface area (Å²) >= 11 is 1.42. The third kappa shape index (κ3) is 6.12. The van der Waals surface area contributed by atoms with Gasteiger partial charge >= 0.3 is 0 Å². The summed E-state index contributed by atoms with van der Waals surface area (Å²) in [5.41, 5.74) is 6.75. The highest BCUT2D eigenvalue weighted by Crippen LogP contribution is 2.29. The zero-order valence-corrected chi connectivity index (χ0v) is 16.8. The third-order valence-electron chi connectivity index (χ3n) is 4.08. The number of carbonyl (C=O) groups excluding carboxylic acids is 2. The Kier molecular flexibility index (Phi) is 7.30. The highest BCUT2D eigenvalue weighted by Gasteiger charge is 2.15. The van der Waals surface area contributed by atoms with Crippen LogP contribution in [0.25, 0.3) is 11.1 Å². The van der Waals surface area contributed by atoms with Gasteiger partial charge in [0.15, 0.2) is 6.61 Å². The van der Waals surface area contributed by atoms with Crippen molar-refractivity contribution in [3.8, 4) is 16.9 Å². The van der Waals surface area contributed by atoms with E-state index in [1.807, 2.05) is 84.9 Å².